The molecule has 0 amide bonds. The van der Waals surface area contributed by atoms with Gasteiger partial charge in [0.2, 0.25) is 0 Å². The average Bonchev–Trinajstić information content (AvgIpc) is 2.67. The van der Waals surface area contributed by atoms with Crippen LogP contribution in [0.3, 0.4) is 0 Å². The molecule has 1 saturated carbocycles. The van der Waals surface area contributed by atoms with Crippen molar-refractivity contribution in [2.45, 2.75) is 63.7 Å². The Morgan fingerprint density at radius 2 is 1.78 bits per heavy atom. The van der Waals surface area contributed by atoms with Gasteiger partial charge in [-0.3, -0.25) is 4.79 Å². The van der Waals surface area contributed by atoms with E-state index < -0.39 is 0 Å². The van der Waals surface area contributed by atoms with E-state index >= 15 is 0 Å². The smallest absolute Gasteiger partial charge is 0.166 e. The molecule has 3 nitrogen and oxygen atoms in total. The van der Waals surface area contributed by atoms with Crippen LogP contribution in [0.1, 0.15) is 79.2 Å². The third kappa shape index (κ3) is 2.31. The van der Waals surface area contributed by atoms with E-state index in [-0.39, 0.29) is 5.78 Å². The molecule has 0 saturated heterocycles. The Labute approximate surface area is 108 Å². The van der Waals surface area contributed by atoms with Gasteiger partial charge in [0.25, 0.3) is 0 Å². The van der Waals surface area contributed by atoms with Crippen LogP contribution < -0.4 is 0 Å². The van der Waals surface area contributed by atoms with E-state index in [2.05, 4.69) is 4.98 Å². The number of carbonyl (C=O) groups is 1. The molecule has 0 unspecified atom stereocenters. The van der Waals surface area contributed by atoms with Crippen LogP contribution in [0, 0.1) is 0 Å². The number of fused-ring (bicyclic) bond motifs is 1. The fourth-order valence-corrected chi connectivity index (χ4v) is 3.14. The lowest BCUT2D eigenvalue weighted by Gasteiger charge is -2.17. The van der Waals surface area contributed by atoms with Crippen molar-refractivity contribution in [2.24, 2.45) is 0 Å². The van der Waals surface area contributed by atoms with E-state index in [0.29, 0.717) is 12.3 Å². The topological polar surface area (TPSA) is 42.9 Å². The summed E-state index contributed by atoms with van der Waals surface area (Å²) in [4.78, 5) is 20.9. The molecule has 1 aromatic rings. The zero-order chi connectivity index (χ0) is 12.4. The van der Waals surface area contributed by atoms with Crippen molar-refractivity contribution >= 4 is 5.78 Å². The van der Waals surface area contributed by atoms with Gasteiger partial charge in [0, 0.05) is 18.5 Å². The van der Waals surface area contributed by atoms with E-state index in [4.69, 9.17) is 4.98 Å². The number of carbonyl (C=O) groups excluding carboxylic acids is 1. The Kier molecular flexibility index (Phi) is 3.39. The summed E-state index contributed by atoms with van der Waals surface area (Å²) < 4.78 is 0. The molecule has 1 aromatic heterocycles. The van der Waals surface area contributed by atoms with Crippen LogP contribution in [0.4, 0.5) is 0 Å². The molecular formula is C15H20N2O. The molecule has 0 atom stereocenters. The Balaban J connectivity index is 1.86. The molecule has 3 heteroatoms. The quantitative estimate of drug-likeness (QED) is 0.711. The number of nitrogens with zero attached hydrogens (tertiary/aromatic N) is 2. The van der Waals surface area contributed by atoms with Crippen LogP contribution in [0.25, 0.3) is 0 Å². The molecule has 1 heterocycles. The minimum absolute atomic E-state index is 0.226. The third-order valence-corrected chi connectivity index (χ3v) is 4.22. The second-order valence-corrected chi connectivity index (χ2v) is 5.55. The zero-order valence-electron chi connectivity index (χ0n) is 10.8. The van der Waals surface area contributed by atoms with Gasteiger partial charge >= 0.3 is 0 Å². The number of hydrogen-bond acceptors (Lipinski definition) is 3. The highest BCUT2D eigenvalue weighted by Crippen LogP contribution is 2.30. The van der Waals surface area contributed by atoms with Gasteiger partial charge in [-0.05, 0) is 25.7 Å². The van der Waals surface area contributed by atoms with Crippen LogP contribution in [-0.4, -0.2) is 15.8 Å². The van der Waals surface area contributed by atoms with Gasteiger partial charge in [-0.25, -0.2) is 9.97 Å². The summed E-state index contributed by atoms with van der Waals surface area (Å²) in [5.74, 6) is 1.74. The highest BCUT2D eigenvalue weighted by molar-refractivity contribution is 5.97. The number of aryl methyl sites for hydroxylation is 1. The van der Waals surface area contributed by atoms with E-state index in [0.717, 1.165) is 29.9 Å². The number of hydrogen-bond donors (Lipinski definition) is 0. The SMILES string of the molecule is O=C1CCCc2nc(C3CCCCCC3)ncc21. The van der Waals surface area contributed by atoms with Crippen LogP contribution in [0.5, 0.6) is 0 Å². The predicted molar refractivity (Wildman–Crippen MR) is 69.7 cm³/mol. The molecule has 0 N–H and O–H groups in total. The first kappa shape index (κ1) is 11.8. The van der Waals surface area contributed by atoms with Crippen molar-refractivity contribution in [3.63, 3.8) is 0 Å². The fourth-order valence-electron chi connectivity index (χ4n) is 3.14. The maximum Gasteiger partial charge on any atom is 0.166 e. The first-order valence-electron chi connectivity index (χ1n) is 7.23. The Morgan fingerprint density at radius 3 is 2.56 bits per heavy atom. The summed E-state index contributed by atoms with van der Waals surface area (Å²) in [6.45, 7) is 0. The van der Waals surface area contributed by atoms with Gasteiger partial charge in [0.1, 0.15) is 5.82 Å². The van der Waals surface area contributed by atoms with E-state index in [1.165, 1.54) is 38.5 Å². The predicted octanol–water partition coefficient (Wildman–Crippen LogP) is 3.43. The van der Waals surface area contributed by atoms with Crippen molar-refractivity contribution in [1.82, 2.24) is 9.97 Å². The highest BCUT2D eigenvalue weighted by atomic mass is 16.1. The minimum Gasteiger partial charge on any atom is -0.294 e. The van der Waals surface area contributed by atoms with Gasteiger partial charge in [-0.15, -0.1) is 0 Å². The molecule has 0 spiro atoms. The van der Waals surface area contributed by atoms with E-state index in [9.17, 15) is 4.79 Å². The fraction of sp³-hybridized carbons (Fsp3) is 0.667. The first-order valence-corrected chi connectivity index (χ1v) is 7.23. The first-order chi connectivity index (χ1) is 8.84. The second-order valence-electron chi connectivity index (χ2n) is 5.55. The molecule has 0 aliphatic heterocycles. The maximum absolute atomic E-state index is 11.7. The second kappa shape index (κ2) is 5.17. The molecule has 2 aliphatic rings. The van der Waals surface area contributed by atoms with Crippen LogP contribution in [0.15, 0.2) is 6.20 Å². The minimum atomic E-state index is 0.226. The summed E-state index contributed by atoms with van der Waals surface area (Å²) in [7, 11) is 0. The van der Waals surface area contributed by atoms with Crippen molar-refractivity contribution in [3.05, 3.63) is 23.3 Å². The van der Waals surface area contributed by atoms with E-state index in [1.807, 2.05) is 0 Å². The Hall–Kier alpha value is -1.25. The average molecular weight is 244 g/mol. The molecule has 3 rings (SSSR count). The summed E-state index contributed by atoms with van der Waals surface area (Å²) in [5, 5.41) is 0. The van der Waals surface area contributed by atoms with Crippen molar-refractivity contribution in [2.75, 3.05) is 0 Å². The Bertz CT molecular complexity index is 448. The summed E-state index contributed by atoms with van der Waals surface area (Å²) in [5.41, 5.74) is 1.78. The summed E-state index contributed by atoms with van der Waals surface area (Å²) >= 11 is 0. The molecule has 0 aromatic carbocycles. The monoisotopic (exact) mass is 244 g/mol. The number of Topliss-reactive ketones (excluding diaryl/α,β-unsaturated/α-hetero) is 1. The molecule has 18 heavy (non-hydrogen) atoms. The largest absolute Gasteiger partial charge is 0.294 e. The van der Waals surface area contributed by atoms with E-state index in [1.54, 1.807) is 6.20 Å². The van der Waals surface area contributed by atoms with Gasteiger partial charge < -0.3 is 0 Å². The number of rotatable bonds is 1. The normalized spacial score (nSPS) is 21.4. The summed E-state index contributed by atoms with van der Waals surface area (Å²) in [6, 6.07) is 0. The highest BCUT2D eigenvalue weighted by Gasteiger charge is 2.22. The lowest BCUT2D eigenvalue weighted by molar-refractivity contribution is 0.0971. The lowest BCUT2D eigenvalue weighted by Crippen LogP contribution is -2.16. The lowest BCUT2D eigenvalue weighted by atomic mass is 9.94. The van der Waals surface area contributed by atoms with Crippen molar-refractivity contribution in [3.8, 4) is 0 Å². The summed E-state index contributed by atoms with van der Waals surface area (Å²) in [6.07, 6.45) is 12.1. The molecule has 0 radical (unpaired) electrons. The van der Waals surface area contributed by atoms with Gasteiger partial charge in [0.05, 0.1) is 11.3 Å². The zero-order valence-corrected chi connectivity index (χ0v) is 10.8. The van der Waals surface area contributed by atoms with Crippen molar-refractivity contribution < 1.29 is 4.79 Å². The Morgan fingerprint density at radius 1 is 1.00 bits per heavy atom. The van der Waals surface area contributed by atoms with Gasteiger partial charge in [0.15, 0.2) is 5.78 Å². The van der Waals surface area contributed by atoms with Gasteiger partial charge in [-0.1, -0.05) is 25.7 Å². The third-order valence-electron chi connectivity index (χ3n) is 4.22. The number of ketones is 1. The molecule has 2 aliphatic carbocycles. The molecular weight excluding hydrogens is 224 g/mol. The van der Waals surface area contributed by atoms with Gasteiger partial charge in [-0.2, -0.15) is 0 Å². The van der Waals surface area contributed by atoms with Crippen LogP contribution in [0.2, 0.25) is 0 Å². The standard InChI is InChI=1S/C15H20N2O/c18-14-9-5-8-13-12(14)10-16-15(17-13)11-6-3-1-2-4-7-11/h10-11H,1-9H2. The maximum atomic E-state index is 11.7. The van der Waals surface area contributed by atoms with Crippen LogP contribution >= 0.6 is 0 Å². The van der Waals surface area contributed by atoms with Crippen LogP contribution in [-0.2, 0) is 6.42 Å². The molecule has 96 valence electrons. The molecule has 0 bridgehead atoms. The van der Waals surface area contributed by atoms with Crippen molar-refractivity contribution in [1.29, 1.82) is 0 Å². The number of aromatic nitrogens is 2. The molecule has 1 fully saturated rings.